The van der Waals surface area contributed by atoms with Crippen molar-refractivity contribution in [1.82, 2.24) is 15.5 Å². The minimum absolute atomic E-state index is 0.0118. The second-order valence-corrected chi connectivity index (χ2v) is 14.7. The summed E-state index contributed by atoms with van der Waals surface area (Å²) in [5.74, 6) is -4.08. The van der Waals surface area contributed by atoms with Crippen molar-refractivity contribution in [1.29, 1.82) is 0 Å². The Hall–Kier alpha value is -4.72. The van der Waals surface area contributed by atoms with Crippen LogP contribution in [0.5, 0.6) is 0 Å². The molecule has 0 aromatic heterocycles. The lowest BCUT2D eigenvalue weighted by atomic mass is 9.99. The number of carbonyl (C=O) groups excluding carboxylic acids is 5. The Morgan fingerprint density at radius 1 is 0.878 bits per heavy atom. The molecule has 266 valence electrons. The van der Waals surface area contributed by atoms with Gasteiger partial charge < -0.3 is 24.8 Å². The SMILES string of the molecule is CC(C)(C)OC(=O)/N=C(/NC(=O)OC(C)(C)C)N(C[C@H]1Cc2ccccc2[C@@H]1NC(=O)C(=O)Nc1ccc(Cl)c(F)c1)C(=O)OC(C)(C)C. The summed E-state index contributed by atoms with van der Waals surface area (Å²) in [4.78, 5) is 70.6. The van der Waals surface area contributed by atoms with E-state index in [0.29, 0.717) is 12.0 Å². The monoisotopic (exact) mass is 703 g/mol. The van der Waals surface area contributed by atoms with Gasteiger partial charge in [0, 0.05) is 18.2 Å². The smallest absolute Gasteiger partial charge is 0.437 e. The van der Waals surface area contributed by atoms with Crippen molar-refractivity contribution in [3.05, 3.63) is 64.4 Å². The molecular weight excluding hydrogens is 661 g/mol. The molecule has 2 atom stereocenters. The Morgan fingerprint density at radius 3 is 2.08 bits per heavy atom. The van der Waals surface area contributed by atoms with Crippen LogP contribution in [0.3, 0.4) is 0 Å². The molecule has 2 aromatic carbocycles. The van der Waals surface area contributed by atoms with Crippen molar-refractivity contribution in [2.75, 3.05) is 11.9 Å². The standard InChI is InChI=1S/C34H43ClFN5O8/c1-32(2,3)47-29(44)39-28(40-30(45)48-33(4,5)6)41(31(46)49-34(7,8)9)18-20-16-19-12-10-11-13-22(19)25(20)38-27(43)26(42)37-21-14-15-23(35)24(36)17-21/h10-15,17,20,25H,16,18H2,1-9H3,(H,37,42)(H,38,43)(H,39,40,44,45)/t20-,25-/m1/s1. The molecular formula is C34H43ClFN5O8. The topological polar surface area (TPSA) is 165 Å². The summed E-state index contributed by atoms with van der Waals surface area (Å²) < 4.78 is 30.3. The number of nitrogens with zero attached hydrogens (tertiary/aromatic N) is 2. The molecule has 0 heterocycles. The molecule has 0 bridgehead atoms. The van der Waals surface area contributed by atoms with Crippen LogP contribution in [0.1, 0.15) is 79.5 Å². The van der Waals surface area contributed by atoms with E-state index >= 15 is 0 Å². The van der Waals surface area contributed by atoms with Crippen LogP contribution in [0, 0.1) is 11.7 Å². The summed E-state index contributed by atoms with van der Waals surface area (Å²) in [6.45, 7) is 14.4. The molecule has 15 heteroatoms. The summed E-state index contributed by atoms with van der Waals surface area (Å²) in [6.07, 6.45) is -2.80. The summed E-state index contributed by atoms with van der Waals surface area (Å²) in [5, 5.41) is 7.28. The quantitative estimate of drug-likeness (QED) is 0.141. The van der Waals surface area contributed by atoms with Gasteiger partial charge in [-0.05, 0) is 98.1 Å². The van der Waals surface area contributed by atoms with Gasteiger partial charge in [-0.1, -0.05) is 35.9 Å². The molecule has 1 aliphatic rings. The molecule has 13 nitrogen and oxygen atoms in total. The summed E-state index contributed by atoms with van der Waals surface area (Å²) in [6, 6.07) is 9.85. The number of hydrogen-bond donors (Lipinski definition) is 3. The second-order valence-electron chi connectivity index (χ2n) is 14.3. The maximum absolute atomic E-state index is 14.0. The third-order valence-electron chi connectivity index (χ3n) is 6.50. The van der Waals surface area contributed by atoms with E-state index in [1.807, 2.05) is 6.07 Å². The lowest BCUT2D eigenvalue weighted by Gasteiger charge is -2.32. The first kappa shape index (κ1) is 38.7. The molecule has 0 unspecified atom stereocenters. The third kappa shape index (κ3) is 12.0. The fraction of sp³-hybridized carbons (Fsp3) is 0.471. The third-order valence-corrected chi connectivity index (χ3v) is 6.81. The van der Waals surface area contributed by atoms with Gasteiger partial charge >= 0.3 is 30.1 Å². The Labute approximate surface area is 289 Å². The minimum atomic E-state index is -1.11. The van der Waals surface area contributed by atoms with E-state index in [1.165, 1.54) is 12.1 Å². The molecule has 0 radical (unpaired) electrons. The molecule has 0 saturated carbocycles. The summed E-state index contributed by atoms with van der Waals surface area (Å²) >= 11 is 5.72. The molecule has 0 spiro atoms. The molecule has 5 amide bonds. The van der Waals surface area contributed by atoms with Crippen LogP contribution in [0.2, 0.25) is 5.02 Å². The van der Waals surface area contributed by atoms with Crippen LogP contribution in [-0.4, -0.2) is 64.3 Å². The predicted octanol–water partition coefficient (Wildman–Crippen LogP) is 6.50. The number of carbonyl (C=O) groups is 5. The first-order valence-electron chi connectivity index (χ1n) is 15.5. The number of guanidine groups is 1. The highest BCUT2D eigenvalue weighted by molar-refractivity contribution is 6.39. The largest absolute Gasteiger partial charge is 0.444 e. The maximum atomic E-state index is 14.0. The van der Waals surface area contributed by atoms with Crippen LogP contribution in [0.4, 0.5) is 24.5 Å². The zero-order valence-corrected chi connectivity index (χ0v) is 29.8. The minimum Gasteiger partial charge on any atom is -0.444 e. The van der Waals surface area contributed by atoms with Crippen LogP contribution < -0.4 is 16.0 Å². The van der Waals surface area contributed by atoms with E-state index in [2.05, 4.69) is 20.9 Å². The van der Waals surface area contributed by atoms with E-state index in [0.717, 1.165) is 16.5 Å². The Kier molecular flexibility index (Phi) is 12.0. The van der Waals surface area contributed by atoms with Crippen molar-refractivity contribution >= 4 is 53.3 Å². The summed E-state index contributed by atoms with van der Waals surface area (Å²) in [5.41, 5.74) is -1.43. The number of ether oxygens (including phenoxy) is 3. The van der Waals surface area contributed by atoms with E-state index in [4.69, 9.17) is 25.8 Å². The van der Waals surface area contributed by atoms with Crippen molar-refractivity contribution < 1.29 is 42.6 Å². The number of fused-ring (bicyclic) bond motifs is 1. The number of hydrogen-bond acceptors (Lipinski definition) is 8. The fourth-order valence-corrected chi connectivity index (χ4v) is 4.85. The number of halogens is 2. The zero-order valence-electron chi connectivity index (χ0n) is 29.0. The highest BCUT2D eigenvalue weighted by Gasteiger charge is 2.39. The Balaban J connectivity index is 2.01. The van der Waals surface area contributed by atoms with Crippen LogP contribution in [0.25, 0.3) is 0 Å². The molecule has 0 saturated heterocycles. The lowest BCUT2D eigenvalue weighted by molar-refractivity contribution is -0.136. The van der Waals surface area contributed by atoms with Crippen molar-refractivity contribution in [2.45, 2.75) is 91.6 Å². The molecule has 2 aromatic rings. The molecule has 49 heavy (non-hydrogen) atoms. The number of alkyl carbamates (subject to hydrolysis) is 1. The van der Waals surface area contributed by atoms with Gasteiger partial charge in [-0.25, -0.2) is 23.7 Å². The summed E-state index contributed by atoms with van der Waals surface area (Å²) in [7, 11) is 0. The van der Waals surface area contributed by atoms with Gasteiger partial charge in [-0.15, -0.1) is 4.99 Å². The average Bonchev–Trinajstić information content (AvgIpc) is 3.27. The molecule has 0 fully saturated rings. The van der Waals surface area contributed by atoms with Gasteiger partial charge in [-0.2, -0.15) is 0 Å². The van der Waals surface area contributed by atoms with Crippen LogP contribution >= 0.6 is 11.6 Å². The number of nitrogens with one attached hydrogen (secondary N) is 3. The van der Waals surface area contributed by atoms with Gasteiger partial charge in [0.25, 0.3) is 0 Å². The van der Waals surface area contributed by atoms with Crippen molar-refractivity contribution in [2.24, 2.45) is 10.9 Å². The second kappa shape index (κ2) is 15.2. The van der Waals surface area contributed by atoms with E-state index in [1.54, 1.807) is 80.5 Å². The van der Waals surface area contributed by atoms with Crippen molar-refractivity contribution in [3.63, 3.8) is 0 Å². The number of aliphatic imine (C=N–C) groups is 1. The van der Waals surface area contributed by atoms with Gasteiger partial charge in [0.1, 0.15) is 22.6 Å². The molecule has 0 aliphatic heterocycles. The van der Waals surface area contributed by atoms with Gasteiger partial charge in [0.15, 0.2) is 0 Å². The fourth-order valence-electron chi connectivity index (χ4n) is 4.73. The van der Waals surface area contributed by atoms with Gasteiger partial charge in [-0.3, -0.25) is 14.9 Å². The Morgan fingerprint density at radius 2 is 1.49 bits per heavy atom. The number of benzene rings is 2. The molecule has 3 rings (SSSR count). The normalized spacial score (nSPS) is 16.2. The predicted molar refractivity (Wildman–Crippen MR) is 181 cm³/mol. The number of amides is 5. The van der Waals surface area contributed by atoms with E-state index in [9.17, 15) is 28.4 Å². The van der Waals surface area contributed by atoms with Crippen LogP contribution in [-0.2, 0) is 30.2 Å². The average molecular weight is 704 g/mol. The Bertz CT molecular complexity index is 1630. The lowest BCUT2D eigenvalue weighted by Crippen LogP contribution is -2.53. The van der Waals surface area contributed by atoms with E-state index < -0.39 is 70.6 Å². The highest BCUT2D eigenvalue weighted by Crippen LogP contribution is 2.37. The van der Waals surface area contributed by atoms with Crippen molar-refractivity contribution in [3.8, 4) is 0 Å². The highest BCUT2D eigenvalue weighted by atomic mass is 35.5. The van der Waals surface area contributed by atoms with Crippen LogP contribution in [0.15, 0.2) is 47.5 Å². The molecule has 1 aliphatic carbocycles. The molecule has 3 N–H and O–H groups in total. The first-order valence-corrected chi connectivity index (χ1v) is 15.9. The van der Waals surface area contributed by atoms with Gasteiger partial charge in [0.2, 0.25) is 5.96 Å². The van der Waals surface area contributed by atoms with E-state index in [-0.39, 0.29) is 17.3 Å². The maximum Gasteiger partial charge on any atom is 0.437 e. The van der Waals surface area contributed by atoms with Gasteiger partial charge in [0.05, 0.1) is 11.1 Å². The number of anilines is 1. The zero-order chi connectivity index (χ0) is 36.9. The number of rotatable bonds is 4. The first-order chi connectivity index (χ1) is 22.5.